The minimum absolute atomic E-state index is 0.0857. The summed E-state index contributed by atoms with van der Waals surface area (Å²) in [6, 6.07) is 5.70. The molecule has 1 aliphatic heterocycles. The van der Waals surface area contributed by atoms with Gasteiger partial charge in [-0.05, 0) is 30.3 Å². The number of ether oxygens (including phenoxy) is 2. The molecule has 1 aromatic rings. The Morgan fingerprint density at radius 1 is 1.08 bits per heavy atom. The van der Waals surface area contributed by atoms with Crippen LogP contribution in [0.3, 0.4) is 0 Å². The molecule has 0 bridgehead atoms. The number of carbonyl (C=O) groups excluding carboxylic acids is 2. The second-order valence-corrected chi connectivity index (χ2v) is 5.06. The standard InChI is InChI=1S/C15H17NO8/c1-2-9(17)16-7-3-5-8(6-4-7)23-15(22)13-11(19)10(18)12(20)14(21)24-13/h2-6,10-14,18-21H,1H2,(H,16,17)/t10-,11-,12+,13-,14+/m0/s1. The van der Waals surface area contributed by atoms with Gasteiger partial charge in [-0.1, -0.05) is 6.58 Å². The van der Waals surface area contributed by atoms with Crippen LogP contribution in [0.15, 0.2) is 36.9 Å². The monoisotopic (exact) mass is 339 g/mol. The maximum Gasteiger partial charge on any atom is 0.343 e. The largest absolute Gasteiger partial charge is 0.425 e. The summed E-state index contributed by atoms with van der Waals surface area (Å²) in [6.45, 7) is 3.31. The zero-order valence-corrected chi connectivity index (χ0v) is 12.4. The lowest BCUT2D eigenvalue weighted by atomic mass is 9.99. The third-order valence-electron chi connectivity index (χ3n) is 3.35. The Kier molecular flexibility index (Phi) is 5.65. The van der Waals surface area contributed by atoms with Crippen LogP contribution in [0.5, 0.6) is 5.75 Å². The molecule has 5 atom stereocenters. The third kappa shape index (κ3) is 3.96. The van der Waals surface area contributed by atoms with Gasteiger partial charge in [0.1, 0.15) is 24.1 Å². The predicted molar refractivity (Wildman–Crippen MR) is 79.8 cm³/mol. The summed E-state index contributed by atoms with van der Waals surface area (Å²) in [7, 11) is 0. The van der Waals surface area contributed by atoms with Crippen LogP contribution in [0.1, 0.15) is 0 Å². The van der Waals surface area contributed by atoms with Crippen molar-refractivity contribution >= 4 is 17.6 Å². The molecule has 1 amide bonds. The van der Waals surface area contributed by atoms with Crippen LogP contribution in [0.2, 0.25) is 0 Å². The number of esters is 1. The third-order valence-corrected chi connectivity index (χ3v) is 3.35. The van der Waals surface area contributed by atoms with E-state index in [2.05, 4.69) is 11.9 Å². The van der Waals surface area contributed by atoms with Crippen molar-refractivity contribution in [3.05, 3.63) is 36.9 Å². The van der Waals surface area contributed by atoms with E-state index in [9.17, 15) is 30.0 Å². The molecule has 0 unspecified atom stereocenters. The Balaban J connectivity index is 2.01. The molecule has 2 rings (SSSR count). The number of carbonyl (C=O) groups is 2. The molecule has 1 saturated heterocycles. The Bertz CT molecular complexity index is 616. The minimum atomic E-state index is -1.84. The summed E-state index contributed by atoms with van der Waals surface area (Å²) in [6.07, 6.45) is -7.67. The van der Waals surface area contributed by atoms with Crippen LogP contribution < -0.4 is 10.1 Å². The number of rotatable bonds is 4. The van der Waals surface area contributed by atoms with Crippen molar-refractivity contribution in [3.8, 4) is 5.75 Å². The smallest absolute Gasteiger partial charge is 0.343 e. The number of nitrogens with one attached hydrogen (secondary N) is 1. The molecule has 1 heterocycles. The zero-order chi connectivity index (χ0) is 17.9. The minimum Gasteiger partial charge on any atom is -0.425 e. The SMILES string of the molecule is C=CC(=O)Nc1ccc(OC(=O)[C@H]2O[C@@H](O)[C@H](O)[C@@H](O)[C@@H]2O)cc1. The van der Waals surface area contributed by atoms with Gasteiger partial charge in [-0.15, -0.1) is 0 Å². The van der Waals surface area contributed by atoms with Gasteiger partial charge in [0.2, 0.25) is 5.91 Å². The molecule has 0 aromatic heterocycles. The van der Waals surface area contributed by atoms with Crippen LogP contribution in [0, 0.1) is 0 Å². The Morgan fingerprint density at radius 3 is 2.29 bits per heavy atom. The van der Waals surface area contributed by atoms with Crippen molar-refractivity contribution in [2.75, 3.05) is 5.32 Å². The van der Waals surface area contributed by atoms with Crippen LogP contribution in [0.25, 0.3) is 0 Å². The Labute approximate surface area is 136 Å². The molecule has 9 nitrogen and oxygen atoms in total. The summed E-state index contributed by atoms with van der Waals surface area (Å²) in [5, 5.41) is 40.5. The fraction of sp³-hybridized carbons (Fsp3) is 0.333. The maximum atomic E-state index is 12.0. The quantitative estimate of drug-likeness (QED) is 0.254. The second kappa shape index (κ2) is 7.51. The number of anilines is 1. The average Bonchev–Trinajstić information content (AvgIpc) is 2.57. The first-order chi connectivity index (χ1) is 11.3. The van der Waals surface area contributed by atoms with E-state index in [4.69, 9.17) is 9.47 Å². The van der Waals surface area contributed by atoms with Crippen LogP contribution in [-0.4, -0.2) is 63.0 Å². The van der Waals surface area contributed by atoms with Gasteiger partial charge < -0.3 is 35.2 Å². The van der Waals surface area contributed by atoms with Gasteiger partial charge >= 0.3 is 5.97 Å². The van der Waals surface area contributed by atoms with Gasteiger partial charge in [0, 0.05) is 5.69 Å². The summed E-state index contributed by atoms with van der Waals surface area (Å²) in [5.74, 6) is -1.38. The molecule has 0 radical (unpaired) electrons. The van der Waals surface area contributed by atoms with Gasteiger partial charge in [0.15, 0.2) is 12.4 Å². The summed E-state index contributed by atoms with van der Waals surface area (Å²) >= 11 is 0. The molecule has 1 aromatic carbocycles. The highest BCUT2D eigenvalue weighted by Crippen LogP contribution is 2.22. The van der Waals surface area contributed by atoms with E-state index < -0.39 is 42.6 Å². The highest BCUT2D eigenvalue weighted by atomic mass is 16.7. The molecule has 0 spiro atoms. The van der Waals surface area contributed by atoms with Crippen molar-refractivity contribution in [2.24, 2.45) is 0 Å². The molecule has 1 fully saturated rings. The van der Waals surface area contributed by atoms with E-state index in [0.29, 0.717) is 5.69 Å². The van der Waals surface area contributed by atoms with Crippen LogP contribution >= 0.6 is 0 Å². The zero-order valence-electron chi connectivity index (χ0n) is 12.4. The van der Waals surface area contributed by atoms with E-state index in [1.165, 1.54) is 24.3 Å². The first-order valence-corrected chi connectivity index (χ1v) is 6.96. The van der Waals surface area contributed by atoms with Crippen molar-refractivity contribution < 1.29 is 39.5 Å². The fourth-order valence-corrected chi connectivity index (χ4v) is 2.03. The van der Waals surface area contributed by atoms with E-state index in [0.717, 1.165) is 6.08 Å². The maximum absolute atomic E-state index is 12.0. The Morgan fingerprint density at radius 2 is 1.71 bits per heavy atom. The average molecular weight is 339 g/mol. The van der Waals surface area contributed by atoms with Crippen molar-refractivity contribution in [3.63, 3.8) is 0 Å². The van der Waals surface area contributed by atoms with E-state index in [1.807, 2.05) is 0 Å². The van der Waals surface area contributed by atoms with Crippen molar-refractivity contribution in [1.29, 1.82) is 0 Å². The lowest BCUT2D eigenvalue weighted by molar-refractivity contribution is -0.279. The number of benzene rings is 1. The molecule has 5 N–H and O–H groups in total. The second-order valence-electron chi connectivity index (χ2n) is 5.06. The lowest BCUT2D eigenvalue weighted by Crippen LogP contribution is -2.60. The molecule has 130 valence electrons. The van der Waals surface area contributed by atoms with E-state index in [1.54, 1.807) is 0 Å². The molecule has 1 aliphatic rings. The first-order valence-electron chi connectivity index (χ1n) is 6.96. The summed E-state index contributed by atoms with van der Waals surface area (Å²) in [5.41, 5.74) is 0.447. The van der Waals surface area contributed by atoms with Gasteiger partial charge in [-0.25, -0.2) is 4.79 Å². The number of hydrogen-bond donors (Lipinski definition) is 5. The van der Waals surface area contributed by atoms with Crippen molar-refractivity contribution in [1.82, 2.24) is 0 Å². The van der Waals surface area contributed by atoms with Gasteiger partial charge in [-0.2, -0.15) is 0 Å². The highest BCUT2D eigenvalue weighted by Gasteiger charge is 2.47. The fourth-order valence-electron chi connectivity index (χ4n) is 2.03. The topological polar surface area (TPSA) is 146 Å². The van der Waals surface area contributed by atoms with Gasteiger partial charge in [0.05, 0.1) is 0 Å². The van der Waals surface area contributed by atoms with E-state index >= 15 is 0 Å². The van der Waals surface area contributed by atoms with E-state index in [-0.39, 0.29) is 5.75 Å². The van der Waals surface area contributed by atoms with Crippen molar-refractivity contribution in [2.45, 2.75) is 30.7 Å². The first kappa shape index (κ1) is 18.0. The molecule has 0 aliphatic carbocycles. The molecule has 0 saturated carbocycles. The highest BCUT2D eigenvalue weighted by molar-refractivity contribution is 5.98. The number of hydrogen-bond acceptors (Lipinski definition) is 8. The van der Waals surface area contributed by atoms with Crippen LogP contribution in [-0.2, 0) is 14.3 Å². The van der Waals surface area contributed by atoms with Gasteiger partial charge in [-0.3, -0.25) is 4.79 Å². The molecular formula is C15H17NO8. The Hall–Kier alpha value is -2.30. The molecule has 24 heavy (non-hydrogen) atoms. The normalized spacial score (nSPS) is 29.6. The van der Waals surface area contributed by atoms with Gasteiger partial charge in [0.25, 0.3) is 0 Å². The van der Waals surface area contributed by atoms with Crippen LogP contribution in [0.4, 0.5) is 5.69 Å². The summed E-state index contributed by atoms with van der Waals surface area (Å²) in [4.78, 5) is 23.1. The number of amides is 1. The molecule has 9 heteroatoms. The number of aliphatic hydroxyl groups is 4. The summed E-state index contributed by atoms with van der Waals surface area (Å²) < 4.78 is 9.74. The lowest BCUT2D eigenvalue weighted by Gasteiger charge is -2.36. The molecular weight excluding hydrogens is 322 g/mol. The predicted octanol–water partition coefficient (Wildman–Crippen LogP) is -1.48. The number of aliphatic hydroxyl groups excluding tert-OH is 4.